The van der Waals surface area contributed by atoms with Crippen LogP contribution < -0.4 is 5.32 Å². The van der Waals surface area contributed by atoms with E-state index < -0.39 is 0 Å². The van der Waals surface area contributed by atoms with Crippen LogP contribution in [0.2, 0.25) is 0 Å². The minimum absolute atomic E-state index is 0.341. The molecule has 0 aromatic heterocycles. The van der Waals surface area contributed by atoms with Gasteiger partial charge < -0.3 is 15.0 Å². The zero-order chi connectivity index (χ0) is 15.1. The summed E-state index contributed by atoms with van der Waals surface area (Å²) in [5, 5.41) is 3.65. The lowest BCUT2D eigenvalue weighted by Gasteiger charge is -2.44. The molecule has 1 N–H and O–H groups in total. The van der Waals surface area contributed by atoms with Gasteiger partial charge in [0.2, 0.25) is 0 Å². The molecule has 0 aromatic rings. The van der Waals surface area contributed by atoms with Gasteiger partial charge in [-0.15, -0.1) is 0 Å². The monoisotopic (exact) mass is 297 g/mol. The van der Waals surface area contributed by atoms with Gasteiger partial charge >= 0.3 is 0 Å². The lowest BCUT2D eigenvalue weighted by molar-refractivity contribution is -0.0341. The summed E-state index contributed by atoms with van der Waals surface area (Å²) >= 11 is 0. The van der Waals surface area contributed by atoms with Crippen LogP contribution in [0.3, 0.4) is 0 Å². The van der Waals surface area contributed by atoms with Gasteiger partial charge in [0, 0.05) is 57.3 Å². The Morgan fingerprint density at radius 2 is 1.95 bits per heavy atom. The Balaban J connectivity index is 1.84. The molecule has 2 saturated heterocycles. The number of nitrogens with one attached hydrogen (secondary N) is 1. The van der Waals surface area contributed by atoms with Crippen LogP contribution in [0.15, 0.2) is 0 Å². The van der Waals surface area contributed by atoms with Crippen molar-refractivity contribution >= 4 is 0 Å². The molecule has 0 aliphatic carbocycles. The third-order valence-electron chi connectivity index (χ3n) is 5.03. The Hall–Kier alpha value is -0.160. The van der Waals surface area contributed by atoms with Crippen molar-refractivity contribution in [3.05, 3.63) is 0 Å². The van der Waals surface area contributed by atoms with E-state index in [9.17, 15) is 0 Å². The van der Waals surface area contributed by atoms with Gasteiger partial charge in [-0.25, -0.2) is 0 Å². The van der Waals surface area contributed by atoms with E-state index in [1.165, 1.54) is 52.0 Å². The van der Waals surface area contributed by atoms with Gasteiger partial charge in [-0.1, -0.05) is 6.92 Å². The predicted octanol–water partition coefficient (Wildman–Crippen LogP) is 1.81. The fourth-order valence-corrected chi connectivity index (χ4v) is 3.67. The minimum atomic E-state index is 0.341. The zero-order valence-electron chi connectivity index (χ0n) is 14.4. The first-order valence-corrected chi connectivity index (χ1v) is 8.90. The topological polar surface area (TPSA) is 27.7 Å². The van der Waals surface area contributed by atoms with Gasteiger partial charge in [0.25, 0.3) is 0 Å². The van der Waals surface area contributed by atoms with Gasteiger partial charge in [-0.05, 0) is 39.7 Å². The number of hydrogen-bond donors (Lipinski definition) is 1. The van der Waals surface area contributed by atoms with Crippen molar-refractivity contribution in [1.82, 2.24) is 15.1 Å². The summed E-state index contributed by atoms with van der Waals surface area (Å²) < 4.78 is 5.84. The Morgan fingerprint density at radius 1 is 1.19 bits per heavy atom. The molecule has 2 rings (SSSR count). The molecule has 0 bridgehead atoms. The van der Waals surface area contributed by atoms with Crippen LogP contribution in [-0.2, 0) is 4.74 Å². The van der Waals surface area contributed by atoms with Crippen LogP contribution in [0, 0.1) is 5.41 Å². The Kier molecular flexibility index (Phi) is 6.93. The molecule has 124 valence electrons. The first-order valence-electron chi connectivity index (χ1n) is 8.90. The van der Waals surface area contributed by atoms with Crippen molar-refractivity contribution in [2.75, 3.05) is 59.0 Å². The summed E-state index contributed by atoms with van der Waals surface area (Å²) in [6.45, 7) is 17.1. The number of piperazine rings is 1. The SMILES string of the molecule is CCCNCC1(CN2CCN(C(C)C)CC2)CCCOC1. The second kappa shape index (κ2) is 8.47. The highest BCUT2D eigenvalue weighted by Gasteiger charge is 2.35. The maximum atomic E-state index is 5.84. The first-order chi connectivity index (χ1) is 10.2. The molecule has 4 heteroatoms. The van der Waals surface area contributed by atoms with Crippen molar-refractivity contribution in [3.8, 4) is 0 Å². The highest BCUT2D eigenvalue weighted by molar-refractivity contribution is 4.89. The van der Waals surface area contributed by atoms with E-state index in [4.69, 9.17) is 4.74 Å². The van der Waals surface area contributed by atoms with Crippen LogP contribution in [0.1, 0.15) is 40.0 Å². The molecule has 2 aliphatic rings. The Labute approximate surface area is 131 Å². The predicted molar refractivity (Wildman–Crippen MR) is 88.8 cm³/mol. The van der Waals surface area contributed by atoms with Crippen molar-refractivity contribution in [1.29, 1.82) is 0 Å². The van der Waals surface area contributed by atoms with Crippen LogP contribution in [-0.4, -0.2) is 74.9 Å². The van der Waals surface area contributed by atoms with Crippen LogP contribution in [0.4, 0.5) is 0 Å². The molecule has 1 atom stereocenters. The number of nitrogens with zero attached hydrogens (tertiary/aromatic N) is 2. The van der Waals surface area contributed by atoms with Gasteiger partial charge in [0.1, 0.15) is 0 Å². The van der Waals surface area contributed by atoms with Crippen molar-refractivity contribution < 1.29 is 4.74 Å². The molecule has 0 spiro atoms. The molecule has 4 nitrogen and oxygen atoms in total. The van der Waals surface area contributed by atoms with E-state index in [1.807, 2.05) is 0 Å². The zero-order valence-corrected chi connectivity index (χ0v) is 14.4. The van der Waals surface area contributed by atoms with Gasteiger partial charge in [0.05, 0.1) is 6.61 Å². The first kappa shape index (κ1) is 17.2. The fraction of sp³-hybridized carbons (Fsp3) is 1.00. The van der Waals surface area contributed by atoms with Crippen LogP contribution in [0.5, 0.6) is 0 Å². The maximum Gasteiger partial charge on any atom is 0.0546 e. The molecule has 0 aromatic carbocycles. The third-order valence-corrected chi connectivity index (χ3v) is 5.03. The average molecular weight is 297 g/mol. The van der Waals surface area contributed by atoms with Gasteiger partial charge in [-0.2, -0.15) is 0 Å². The smallest absolute Gasteiger partial charge is 0.0546 e. The van der Waals surface area contributed by atoms with Crippen LogP contribution >= 0.6 is 0 Å². The summed E-state index contributed by atoms with van der Waals surface area (Å²) in [4.78, 5) is 5.26. The van der Waals surface area contributed by atoms with E-state index >= 15 is 0 Å². The molecule has 0 saturated carbocycles. The van der Waals surface area contributed by atoms with Crippen molar-refractivity contribution in [2.45, 2.75) is 46.1 Å². The third kappa shape index (κ3) is 5.20. The Morgan fingerprint density at radius 3 is 2.52 bits per heavy atom. The van der Waals surface area contributed by atoms with E-state index in [-0.39, 0.29) is 0 Å². The molecular weight excluding hydrogens is 262 g/mol. The normalized spacial score (nSPS) is 29.1. The molecule has 2 aliphatic heterocycles. The molecule has 21 heavy (non-hydrogen) atoms. The molecule has 0 radical (unpaired) electrons. The Bertz CT molecular complexity index is 282. The van der Waals surface area contributed by atoms with E-state index in [2.05, 4.69) is 35.9 Å². The van der Waals surface area contributed by atoms with Crippen molar-refractivity contribution in [3.63, 3.8) is 0 Å². The summed E-state index contributed by atoms with van der Waals surface area (Å²) in [5.74, 6) is 0. The van der Waals surface area contributed by atoms with Gasteiger partial charge in [-0.3, -0.25) is 4.90 Å². The summed E-state index contributed by atoms with van der Waals surface area (Å²) in [5.41, 5.74) is 0.341. The second-order valence-corrected chi connectivity index (χ2v) is 7.24. The number of ether oxygens (including phenoxy) is 1. The molecule has 1 unspecified atom stereocenters. The van der Waals surface area contributed by atoms with E-state index in [0.717, 1.165) is 26.3 Å². The molecular formula is C17H35N3O. The molecule has 0 amide bonds. The minimum Gasteiger partial charge on any atom is -0.381 e. The average Bonchev–Trinajstić information content (AvgIpc) is 2.49. The second-order valence-electron chi connectivity index (χ2n) is 7.24. The number of hydrogen-bond acceptors (Lipinski definition) is 4. The lowest BCUT2D eigenvalue weighted by Crippen LogP contribution is -2.55. The van der Waals surface area contributed by atoms with Crippen molar-refractivity contribution in [2.24, 2.45) is 5.41 Å². The van der Waals surface area contributed by atoms with E-state index in [0.29, 0.717) is 11.5 Å². The quantitative estimate of drug-likeness (QED) is 0.725. The summed E-state index contributed by atoms with van der Waals surface area (Å²) in [6.07, 6.45) is 3.75. The molecule has 2 fully saturated rings. The van der Waals surface area contributed by atoms with Gasteiger partial charge in [0.15, 0.2) is 0 Å². The molecule has 2 heterocycles. The van der Waals surface area contributed by atoms with E-state index in [1.54, 1.807) is 0 Å². The summed E-state index contributed by atoms with van der Waals surface area (Å²) in [7, 11) is 0. The highest BCUT2D eigenvalue weighted by Crippen LogP contribution is 2.29. The van der Waals surface area contributed by atoms with Crippen LogP contribution in [0.25, 0.3) is 0 Å². The summed E-state index contributed by atoms with van der Waals surface area (Å²) in [6, 6.07) is 0.686. The largest absolute Gasteiger partial charge is 0.381 e. The fourth-order valence-electron chi connectivity index (χ4n) is 3.67. The lowest BCUT2D eigenvalue weighted by atomic mass is 9.81. The highest BCUT2D eigenvalue weighted by atomic mass is 16.5. The standard InChI is InChI=1S/C17H35N3O/c1-4-7-18-13-17(6-5-12-21-15-17)14-19-8-10-20(11-9-19)16(2)3/h16,18H,4-15H2,1-3H3. The maximum absolute atomic E-state index is 5.84. The number of rotatable bonds is 7.